The van der Waals surface area contributed by atoms with Crippen LogP contribution in [0.4, 0.5) is 0 Å². The van der Waals surface area contributed by atoms with Gasteiger partial charge < -0.3 is 10.1 Å². The van der Waals surface area contributed by atoms with E-state index in [1.165, 1.54) is 4.70 Å². The largest absolute Gasteiger partial charge is 0.496 e. The van der Waals surface area contributed by atoms with E-state index in [-0.39, 0.29) is 5.91 Å². The number of hydrogen-bond donors (Lipinski definition) is 1. The zero-order valence-electron chi connectivity index (χ0n) is 14.4. The van der Waals surface area contributed by atoms with Crippen LogP contribution in [-0.2, 0) is 17.9 Å². The lowest BCUT2D eigenvalue weighted by molar-refractivity contribution is -0.122. The Labute approximate surface area is 151 Å². The average Bonchev–Trinajstić information content (AvgIpc) is 3.02. The number of aromatic nitrogens is 1. The summed E-state index contributed by atoms with van der Waals surface area (Å²) in [5.41, 5.74) is 1.98. The number of nitrogens with one attached hydrogen (secondary N) is 1. The fourth-order valence-electron chi connectivity index (χ4n) is 2.62. The third-order valence-corrected chi connectivity index (χ3v) is 4.85. The third-order valence-electron chi connectivity index (χ3n) is 3.83. The van der Waals surface area contributed by atoms with Crippen LogP contribution in [0.3, 0.4) is 0 Å². The number of rotatable bonds is 7. The standard InChI is InChI=1S/C19H21N3O2S/c1-22(13-19-21-15-8-4-6-10-17(15)25-19)12-18(23)20-11-14-7-3-5-9-16(14)24-2/h3-10H,11-13H2,1-2H3,(H,20,23). The molecule has 1 aromatic heterocycles. The molecule has 0 aliphatic heterocycles. The van der Waals surface area contributed by atoms with Crippen molar-refractivity contribution in [1.82, 2.24) is 15.2 Å². The molecule has 5 nitrogen and oxygen atoms in total. The number of nitrogens with zero attached hydrogens (tertiary/aromatic N) is 2. The Morgan fingerprint density at radius 3 is 2.76 bits per heavy atom. The molecule has 1 N–H and O–H groups in total. The van der Waals surface area contributed by atoms with Crippen molar-refractivity contribution < 1.29 is 9.53 Å². The molecule has 0 saturated heterocycles. The number of carbonyl (C=O) groups is 1. The molecular formula is C19H21N3O2S. The van der Waals surface area contributed by atoms with Gasteiger partial charge in [0.1, 0.15) is 10.8 Å². The van der Waals surface area contributed by atoms with Gasteiger partial charge in [-0.2, -0.15) is 0 Å². The predicted octanol–water partition coefficient (Wildman–Crippen LogP) is 3.05. The number of para-hydroxylation sites is 2. The van der Waals surface area contributed by atoms with E-state index < -0.39 is 0 Å². The van der Waals surface area contributed by atoms with Crippen molar-refractivity contribution in [3.8, 4) is 5.75 Å². The summed E-state index contributed by atoms with van der Waals surface area (Å²) in [5.74, 6) is 0.764. The molecule has 2 aromatic carbocycles. The first kappa shape index (κ1) is 17.4. The van der Waals surface area contributed by atoms with Crippen LogP contribution in [0.25, 0.3) is 10.2 Å². The molecule has 1 heterocycles. The lowest BCUT2D eigenvalue weighted by Gasteiger charge is -2.15. The van der Waals surface area contributed by atoms with Gasteiger partial charge in [0.25, 0.3) is 0 Å². The molecule has 0 aliphatic carbocycles. The summed E-state index contributed by atoms with van der Waals surface area (Å²) in [7, 11) is 3.56. The van der Waals surface area contributed by atoms with Crippen molar-refractivity contribution in [2.75, 3.05) is 20.7 Å². The van der Waals surface area contributed by atoms with E-state index in [2.05, 4.69) is 16.4 Å². The lowest BCUT2D eigenvalue weighted by Crippen LogP contribution is -2.34. The average molecular weight is 355 g/mol. The van der Waals surface area contributed by atoms with Gasteiger partial charge in [-0.25, -0.2) is 4.98 Å². The number of likely N-dealkylation sites (N-methyl/N-ethyl adjacent to an activating group) is 1. The Kier molecular flexibility index (Phi) is 5.63. The molecule has 1 amide bonds. The maximum atomic E-state index is 12.2. The van der Waals surface area contributed by atoms with Gasteiger partial charge >= 0.3 is 0 Å². The molecule has 25 heavy (non-hydrogen) atoms. The fraction of sp³-hybridized carbons (Fsp3) is 0.263. The molecule has 0 atom stereocenters. The summed E-state index contributed by atoms with van der Waals surface area (Å²) in [5, 5.41) is 3.95. The van der Waals surface area contributed by atoms with E-state index >= 15 is 0 Å². The molecule has 0 saturated carbocycles. The minimum atomic E-state index is -0.0190. The monoisotopic (exact) mass is 355 g/mol. The molecule has 6 heteroatoms. The zero-order valence-corrected chi connectivity index (χ0v) is 15.2. The Bertz CT molecular complexity index is 830. The number of thiazole rings is 1. The number of carbonyl (C=O) groups excluding carboxylic acids is 1. The quantitative estimate of drug-likeness (QED) is 0.708. The number of fused-ring (bicyclic) bond motifs is 1. The normalized spacial score (nSPS) is 11.0. The van der Waals surface area contributed by atoms with Crippen LogP contribution in [-0.4, -0.2) is 36.5 Å². The van der Waals surface area contributed by atoms with E-state index in [4.69, 9.17) is 4.74 Å². The molecule has 0 bridgehead atoms. The van der Waals surface area contributed by atoms with Gasteiger partial charge in [0.05, 0.1) is 30.4 Å². The first-order valence-electron chi connectivity index (χ1n) is 8.07. The van der Waals surface area contributed by atoms with Gasteiger partial charge in [0.2, 0.25) is 5.91 Å². The SMILES string of the molecule is COc1ccccc1CNC(=O)CN(C)Cc1nc2ccccc2s1. The molecule has 0 unspecified atom stereocenters. The molecule has 0 radical (unpaired) electrons. The van der Waals surface area contributed by atoms with Crippen molar-refractivity contribution in [2.45, 2.75) is 13.1 Å². The van der Waals surface area contributed by atoms with E-state index in [0.717, 1.165) is 21.8 Å². The molecular weight excluding hydrogens is 334 g/mol. The third kappa shape index (κ3) is 4.55. The Hall–Kier alpha value is -2.44. The number of ether oxygens (including phenoxy) is 1. The Balaban J connectivity index is 1.52. The first-order chi connectivity index (χ1) is 12.2. The summed E-state index contributed by atoms with van der Waals surface area (Å²) in [4.78, 5) is 18.8. The van der Waals surface area contributed by atoms with Crippen molar-refractivity contribution in [1.29, 1.82) is 0 Å². The predicted molar refractivity (Wildman–Crippen MR) is 101 cm³/mol. The summed E-state index contributed by atoms with van der Waals surface area (Å²) >= 11 is 1.67. The fourth-order valence-corrected chi connectivity index (χ4v) is 3.67. The van der Waals surface area contributed by atoms with Crippen molar-refractivity contribution >= 4 is 27.5 Å². The van der Waals surface area contributed by atoms with E-state index in [0.29, 0.717) is 19.6 Å². The highest BCUT2D eigenvalue weighted by Gasteiger charge is 2.11. The van der Waals surface area contributed by atoms with Crippen molar-refractivity contribution in [3.63, 3.8) is 0 Å². The molecule has 3 rings (SSSR count). The second-order valence-corrected chi connectivity index (χ2v) is 6.95. The van der Waals surface area contributed by atoms with Gasteiger partial charge in [-0.15, -0.1) is 11.3 Å². The van der Waals surface area contributed by atoms with Crippen molar-refractivity contribution in [3.05, 3.63) is 59.1 Å². The molecule has 130 valence electrons. The van der Waals surface area contributed by atoms with Gasteiger partial charge in [-0.3, -0.25) is 9.69 Å². The number of hydrogen-bond acceptors (Lipinski definition) is 5. The number of methoxy groups -OCH3 is 1. The first-order valence-corrected chi connectivity index (χ1v) is 8.89. The van der Waals surface area contributed by atoms with Crippen LogP contribution in [0.1, 0.15) is 10.6 Å². The Morgan fingerprint density at radius 2 is 1.96 bits per heavy atom. The summed E-state index contributed by atoms with van der Waals surface area (Å²) < 4.78 is 6.47. The van der Waals surface area contributed by atoms with Gasteiger partial charge in [-0.05, 0) is 25.2 Å². The van der Waals surface area contributed by atoms with E-state index in [9.17, 15) is 4.79 Å². The van der Waals surface area contributed by atoms with Gasteiger partial charge in [0.15, 0.2) is 0 Å². The number of benzene rings is 2. The minimum Gasteiger partial charge on any atom is -0.496 e. The number of amides is 1. The Morgan fingerprint density at radius 1 is 1.20 bits per heavy atom. The lowest BCUT2D eigenvalue weighted by atomic mass is 10.2. The van der Waals surface area contributed by atoms with Crippen LogP contribution in [0.2, 0.25) is 0 Å². The zero-order chi connectivity index (χ0) is 17.6. The van der Waals surface area contributed by atoms with Gasteiger partial charge in [0, 0.05) is 12.1 Å². The summed E-state index contributed by atoms with van der Waals surface area (Å²) in [6, 6.07) is 15.8. The molecule has 3 aromatic rings. The van der Waals surface area contributed by atoms with Crippen LogP contribution >= 0.6 is 11.3 Å². The van der Waals surface area contributed by atoms with Gasteiger partial charge in [-0.1, -0.05) is 30.3 Å². The molecule has 0 aliphatic rings. The highest BCUT2D eigenvalue weighted by atomic mass is 32.1. The smallest absolute Gasteiger partial charge is 0.234 e. The molecule has 0 fully saturated rings. The topological polar surface area (TPSA) is 54.5 Å². The van der Waals surface area contributed by atoms with E-state index in [1.807, 2.05) is 54.4 Å². The highest BCUT2D eigenvalue weighted by molar-refractivity contribution is 7.18. The van der Waals surface area contributed by atoms with Crippen LogP contribution in [0.5, 0.6) is 5.75 Å². The summed E-state index contributed by atoms with van der Waals surface area (Å²) in [6.07, 6.45) is 0. The van der Waals surface area contributed by atoms with Crippen LogP contribution in [0.15, 0.2) is 48.5 Å². The second kappa shape index (κ2) is 8.09. The molecule has 0 spiro atoms. The van der Waals surface area contributed by atoms with Crippen LogP contribution < -0.4 is 10.1 Å². The van der Waals surface area contributed by atoms with Crippen LogP contribution in [0, 0.1) is 0 Å². The highest BCUT2D eigenvalue weighted by Crippen LogP contribution is 2.22. The second-order valence-electron chi connectivity index (χ2n) is 5.84. The minimum absolute atomic E-state index is 0.0190. The summed E-state index contributed by atoms with van der Waals surface area (Å²) in [6.45, 7) is 1.43. The van der Waals surface area contributed by atoms with E-state index in [1.54, 1.807) is 18.4 Å². The maximum absolute atomic E-state index is 12.2. The van der Waals surface area contributed by atoms with Crippen molar-refractivity contribution in [2.24, 2.45) is 0 Å². The maximum Gasteiger partial charge on any atom is 0.234 e.